The molecule has 0 aliphatic heterocycles. The van der Waals surface area contributed by atoms with Crippen molar-refractivity contribution in [3.8, 4) is 0 Å². The summed E-state index contributed by atoms with van der Waals surface area (Å²) in [7, 11) is 0. The van der Waals surface area contributed by atoms with E-state index in [9.17, 15) is 0 Å². The van der Waals surface area contributed by atoms with Crippen molar-refractivity contribution in [3.05, 3.63) is 31.7 Å². The van der Waals surface area contributed by atoms with Crippen LogP contribution in [0.4, 0.5) is 0 Å². The van der Waals surface area contributed by atoms with E-state index < -0.39 is 0 Å². The molecular weight excluding hydrogens is 354 g/mol. The molecule has 2 aromatic rings. The average molecular weight is 357 g/mol. The van der Waals surface area contributed by atoms with Gasteiger partial charge in [-0.05, 0) is 44.6 Å². The van der Waals surface area contributed by atoms with Crippen molar-refractivity contribution in [2.75, 3.05) is 0 Å². The summed E-state index contributed by atoms with van der Waals surface area (Å²) in [5, 5.41) is 0.653. The molecule has 0 N–H and O–H groups in total. The summed E-state index contributed by atoms with van der Waals surface area (Å²) < 4.78 is 3.86. The molecule has 0 aromatic carbocycles. The zero-order chi connectivity index (χ0) is 8.72. The van der Waals surface area contributed by atoms with E-state index in [1.165, 1.54) is 0 Å². The van der Waals surface area contributed by atoms with Crippen LogP contribution in [-0.2, 0) is 0 Å². The van der Waals surface area contributed by atoms with Crippen LogP contribution in [0.2, 0.25) is 5.02 Å². The number of hydrogen-bond donors (Lipinski definition) is 0. The third-order valence-corrected chi connectivity index (χ3v) is 3.59. The van der Waals surface area contributed by atoms with Crippen LogP contribution >= 0.6 is 50.1 Å². The lowest BCUT2D eigenvalue weighted by molar-refractivity contribution is 1.15. The minimum Gasteiger partial charge on any atom is -0.294 e. The number of fused-ring (bicyclic) bond motifs is 1. The summed E-state index contributed by atoms with van der Waals surface area (Å²) in [6, 6.07) is 1.90. The summed E-state index contributed by atoms with van der Waals surface area (Å²) >= 11 is 11.6. The van der Waals surface area contributed by atoms with Crippen LogP contribution in [0.25, 0.3) is 5.65 Å². The summed E-state index contributed by atoms with van der Waals surface area (Å²) in [6.07, 6.45) is 3.72. The van der Waals surface area contributed by atoms with Gasteiger partial charge in [0, 0.05) is 10.7 Å². The average Bonchev–Trinajstić information content (AvgIpc) is 2.41. The second-order valence-corrected chi connectivity index (χ2v) is 4.59. The zero-order valence-corrected chi connectivity index (χ0v) is 10.3. The molecule has 2 aromatic heterocycles. The molecule has 2 heterocycles. The Hall–Kier alpha value is 0.190. The number of hydrogen-bond acceptors (Lipinski definition) is 1. The Labute approximate surface area is 96.2 Å². The molecule has 0 amide bonds. The first-order valence-corrected chi connectivity index (χ1v) is 5.41. The van der Waals surface area contributed by atoms with Crippen LogP contribution in [0.15, 0.2) is 22.9 Å². The summed E-state index contributed by atoms with van der Waals surface area (Å²) in [6.45, 7) is 0. The second-order valence-electron chi connectivity index (χ2n) is 2.25. The molecule has 0 bridgehead atoms. The molecule has 0 saturated carbocycles. The van der Waals surface area contributed by atoms with Gasteiger partial charge < -0.3 is 0 Å². The molecule has 12 heavy (non-hydrogen) atoms. The summed E-state index contributed by atoms with van der Waals surface area (Å²) in [5.41, 5.74) is 0.787. The maximum absolute atomic E-state index is 6.01. The molecule has 2 rings (SSSR count). The first-order valence-electron chi connectivity index (χ1n) is 3.16. The van der Waals surface area contributed by atoms with Gasteiger partial charge in [0.1, 0.15) is 3.70 Å². The molecule has 0 spiro atoms. The van der Waals surface area contributed by atoms with Crippen molar-refractivity contribution in [2.45, 2.75) is 0 Å². The van der Waals surface area contributed by atoms with Gasteiger partial charge in [-0.1, -0.05) is 11.6 Å². The highest BCUT2D eigenvalue weighted by Gasteiger charge is 2.06. The van der Waals surface area contributed by atoms with E-state index in [0.29, 0.717) is 5.02 Å². The monoisotopic (exact) mass is 356 g/mol. The molecule has 0 aliphatic carbocycles. The van der Waals surface area contributed by atoms with Gasteiger partial charge in [0.05, 0.1) is 11.2 Å². The molecular formula is C7H3BrClIN2. The molecule has 62 valence electrons. The molecule has 0 atom stereocenters. The molecule has 0 saturated heterocycles. The van der Waals surface area contributed by atoms with Crippen LogP contribution in [0, 0.1) is 3.70 Å². The standard InChI is InChI=1S/C7H3BrClIN2/c8-4-1-2-12-5(10)3-11-7(12)6(4)9/h1-3H. The number of rotatable bonds is 0. The van der Waals surface area contributed by atoms with Gasteiger partial charge in [0.25, 0.3) is 0 Å². The van der Waals surface area contributed by atoms with E-state index >= 15 is 0 Å². The van der Waals surface area contributed by atoms with Crippen molar-refractivity contribution < 1.29 is 0 Å². The fourth-order valence-electron chi connectivity index (χ4n) is 0.964. The summed E-state index contributed by atoms with van der Waals surface area (Å²) in [4.78, 5) is 4.17. The van der Waals surface area contributed by atoms with Gasteiger partial charge in [0.15, 0.2) is 5.65 Å². The Morgan fingerprint density at radius 1 is 1.58 bits per heavy atom. The Morgan fingerprint density at radius 3 is 3.08 bits per heavy atom. The Bertz CT molecular complexity index is 440. The Balaban J connectivity index is 2.93. The van der Waals surface area contributed by atoms with E-state index in [1.54, 1.807) is 6.20 Å². The van der Waals surface area contributed by atoms with Crippen molar-refractivity contribution >= 4 is 55.8 Å². The van der Waals surface area contributed by atoms with Crippen molar-refractivity contribution in [3.63, 3.8) is 0 Å². The quantitative estimate of drug-likeness (QED) is 0.661. The molecule has 0 radical (unpaired) electrons. The van der Waals surface area contributed by atoms with E-state index in [2.05, 4.69) is 43.5 Å². The lowest BCUT2D eigenvalue weighted by atomic mass is 10.5. The highest BCUT2D eigenvalue weighted by Crippen LogP contribution is 2.26. The maximum Gasteiger partial charge on any atom is 0.157 e. The van der Waals surface area contributed by atoms with Gasteiger partial charge in [0.2, 0.25) is 0 Å². The fraction of sp³-hybridized carbons (Fsp3) is 0. The van der Waals surface area contributed by atoms with Crippen molar-refractivity contribution in [2.24, 2.45) is 0 Å². The number of pyridine rings is 1. The SMILES string of the molecule is Clc1c(Br)ccn2c(I)cnc12. The molecule has 0 unspecified atom stereocenters. The second kappa shape index (κ2) is 3.16. The first kappa shape index (κ1) is 8.77. The van der Waals surface area contributed by atoms with E-state index in [1.807, 2.05) is 16.7 Å². The minimum absolute atomic E-state index is 0.653. The Morgan fingerprint density at radius 2 is 2.33 bits per heavy atom. The highest BCUT2D eigenvalue weighted by atomic mass is 127. The minimum atomic E-state index is 0.653. The lowest BCUT2D eigenvalue weighted by Crippen LogP contribution is -1.86. The maximum atomic E-state index is 6.01. The van der Waals surface area contributed by atoms with Gasteiger partial charge in [-0.2, -0.15) is 0 Å². The van der Waals surface area contributed by atoms with Crippen LogP contribution in [-0.4, -0.2) is 9.38 Å². The first-order chi connectivity index (χ1) is 5.70. The fourth-order valence-corrected chi connectivity index (χ4v) is 1.99. The smallest absolute Gasteiger partial charge is 0.157 e. The summed E-state index contributed by atoms with van der Waals surface area (Å²) in [5.74, 6) is 0. The predicted octanol–water partition coefficient (Wildman–Crippen LogP) is 3.35. The highest BCUT2D eigenvalue weighted by molar-refractivity contribution is 14.1. The molecule has 2 nitrogen and oxygen atoms in total. The van der Waals surface area contributed by atoms with E-state index in [4.69, 9.17) is 11.6 Å². The van der Waals surface area contributed by atoms with E-state index in [0.717, 1.165) is 13.8 Å². The van der Waals surface area contributed by atoms with Gasteiger partial charge in [-0.25, -0.2) is 4.98 Å². The number of aromatic nitrogens is 2. The van der Waals surface area contributed by atoms with E-state index in [-0.39, 0.29) is 0 Å². The Kier molecular flexibility index (Phi) is 2.31. The van der Waals surface area contributed by atoms with Crippen LogP contribution in [0.5, 0.6) is 0 Å². The van der Waals surface area contributed by atoms with Crippen molar-refractivity contribution in [1.82, 2.24) is 9.38 Å². The van der Waals surface area contributed by atoms with Crippen LogP contribution < -0.4 is 0 Å². The third-order valence-electron chi connectivity index (χ3n) is 1.53. The zero-order valence-electron chi connectivity index (χ0n) is 5.76. The van der Waals surface area contributed by atoms with Gasteiger partial charge in [-0.3, -0.25) is 4.40 Å². The predicted molar refractivity (Wildman–Crippen MR) is 60.6 cm³/mol. The van der Waals surface area contributed by atoms with Gasteiger partial charge >= 0.3 is 0 Å². The van der Waals surface area contributed by atoms with Crippen LogP contribution in [0.1, 0.15) is 0 Å². The van der Waals surface area contributed by atoms with Gasteiger partial charge in [-0.15, -0.1) is 0 Å². The molecule has 0 fully saturated rings. The lowest BCUT2D eigenvalue weighted by Gasteiger charge is -1.98. The molecule has 5 heteroatoms. The molecule has 0 aliphatic rings. The van der Waals surface area contributed by atoms with Crippen LogP contribution in [0.3, 0.4) is 0 Å². The van der Waals surface area contributed by atoms with Crippen molar-refractivity contribution in [1.29, 1.82) is 0 Å². The third kappa shape index (κ3) is 1.25. The topological polar surface area (TPSA) is 17.3 Å². The largest absolute Gasteiger partial charge is 0.294 e. The number of imidazole rings is 1. The number of halogens is 3. The normalized spacial score (nSPS) is 10.9. The number of nitrogens with zero attached hydrogens (tertiary/aromatic N) is 2.